The molecule has 0 aromatic carbocycles. The van der Waals surface area contributed by atoms with Crippen LogP contribution in [-0.2, 0) is 34.4 Å². The Morgan fingerprint density at radius 3 is 2.16 bits per heavy atom. The van der Waals surface area contributed by atoms with Crippen LogP contribution in [0.4, 0.5) is 0 Å². The lowest BCUT2D eigenvalue weighted by molar-refractivity contribution is -0.147. The average molecular weight is 495 g/mol. The van der Waals surface area contributed by atoms with E-state index in [4.69, 9.17) is 22.6 Å². The van der Waals surface area contributed by atoms with Gasteiger partial charge in [-0.3, -0.25) is 14.2 Å². The van der Waals surface area contributed by atoms with Crippen LogP contribution in [0.3, 0.4) is 0 Å². The number of aliphatic carboxylic acids is 1. The summed E-state index contributed by atoms with van der Waals surface area (Å²) in [4.78, 5) is 36.1. The van der Waals surface area contributed by atoms with E-state index in [9.17, 15) is 24.1 Å². The second-order valence-corrected chi connectivity index (χ2v) is 16.4. The minimum Gasteiger partial charge on any atom is -0.481 e. The van der Waals surface area contributed by atoms with E-state index in [1.807, 2.05) is 0 Å². The molecule has 0 aliphatic rings. The van der Waals surface area contributed by atoms with E-state index in [0.29, 0.717) is 0 Å². The standard InChI is InChI=1S/C20H35O10PSi/c1-7-27-31(25,28-8-2)13-16(19(22)23)15(11-17-14(3)29-20(24)30-17)12-18(21)26-9-10-32(4,5)6/h15-16H,7-13H2,1-6H3,(H,22,23). The van der Waals surface area contributed by atoms with Gasteiger partial charge in [0, 0.05) is 20.9 Å². The van der Waals surface area contributed by atoms with Crippen LogP contribution in [0.2, 0.25) is 25.7 Å². The fourth-order valence-electron chi connectivity index (χ4n) is 3.11. The molecule has 0 aliphatic carbocycles. The van der Waals surface area contributed by atoms with Crippen molar-refractivity contribution in [1.82, 2.24) is 0 Å². The number of carboxylic acid groups (broad SMARTS) is 1. The van der Waals surface area contributed by atoms with Gasteiger partial charge in [-0.2, -0.15) is 0 Å². The van der Waals surface area contributed by atoms with Gasteiger partial charge in [-0.05, 0) is 32.7 Å². The predicted molar refractivity (Wildman–Crippen MR) is 120 cm³/mol. The van der Waals surface area contributed by atoms with E-state index in [0.717, 1.165) is 6.04 Å². The SMILES string of the molecule is CCOP(=O)(CC(C(=O)O)C(CC(=O)OCC[Si](C)(C)C)Cc1oc(=O)oc1C)OCC. The summed E-state index contributed by atoms with van der Waals surface area (Å²) < 4.78 is 38.7. The highest BCUT2D eigenvalue weighted by Crippen LogP contribution is 2.51. The van der Waals surface area contributed by atoms with Gasteiger partial charge in [0.2, 0.25) is 0 Å². The van der Waals surface area contributed by atoms with Crippen LogP contribution in [0.15, 0.2) is 13.6 Å². The zero-order chi connectivity index (χ0) is 24.5. The van der Waals surface area contributed by atoms with Crippen molar-refractivity contribution >= 4 is 27.6 Å². The first-order chi connectivity index (χ1) is 14.8. The van der Waals surface area contributed by atoms with Crippen molar-refractivity contribution in [3.8, 4) is 0 Å². The lowest BCUT2D eigenvalue weighted by atomic mass is 9.87. The lowest BCUT2D eigenvalue weighted by Gasteiger charge is -2.26. The molecule has 2 atom stereocenters. The summed E-state index contributed by atoms with van der Waals surface area (Å²) in [6, 6.07) is 0.769. The van der Waals surface area contributed by atoms with E-state index in [1.54, 1.807) is 13.8 Å². The van der Waals surface area contributed by atoms with Crippen molar-refractivity contribution in [2.45, 2.75) is 59.3 Å². The molecule has 12 heteroatoms. The first-order valence-corrected chi connectivity index (χ1v) is 16.1. The van der Waals surface area contributed by atoms with Gasteiger partial charge in [0.15, 0.2) is 0 Å². The minimum absolute atomic E-state index is 0.0722. The molecular weight excluding hydrogens is 459 g/mol. The highest BCUT2D eigenvalue weighted by molar-refractivity contribution is 7.53. The number of carbonyl (C=O) groups is 2. The molecule has 2 unspecified atom stereocenters. The zero-order valence-corrected chi connectivity index (χ0v) is 21.6. The summed E-state index contributed by atoms with van der Waals surface area (Å²) in [5, 5.41) is 9.90. The monoisotopic (exact) mass is 494 g/mol. The summed E-state index contributed by atoms with van der Waals surface area (Å²) in [7, 11) is -5.15. The highest BCUT2D eigenvalue weighted by atomic mass is 31.2. The average Bonchev–Trinajstić information content (AvgIpc) is 2.95. The molecule has 0 spiro atoms. The summed E-state index contributed by atoms with van der Waals surface area (Å²) in [6.07, 6.45) is -0.789. The second-order valence-electron chi connectivity index (χ2n) is 8.71. The Morgan fingerprint density at radius 2 is 1.72 bits per heavy atom. The van der Waals surface area contributed by atoms with Crippen LogP contribution in [0.1, 0.15) is 31.8 Å². The number of carboxylic acids is 1. The van der Waals surface area contributed by atoms with Gasteiger partial charge in [-0.25, -0.2) is 4.79 Å². The summed E-state index contributed by atoms with van der Waals surface area (Å²) in [6.45, 7) is 11.6. The van der Waals surface area contributed by atoms with Gasteiger partial charge in [0.1, 0.15) is 11.5 Å². The van der Waals surface area contributed by atoms with Gasteiger partial charge in [0.05, 0.1) is 31.9 Å². The number of aryl methyl sites for hydroxylation is 1. The van der Waals surface area contributed by atoms with Crippen molar-refractivity contribution in [2.75, 3.05) is 26.0 Å². The topological polar surface area (TPSA) is 142 Å². The van der Waals surface area contributed by atoms with Crippen molar-refractivity contribution in [1.29, 1.82) is 0 Å². The molecule has 1 rings (SSSR count). The normalized spacial score (nSPS) is 14.2. The Labute approximate surface area is 189 Å². The molecule has 1 aromatic rings. The summed E-state index contributed by atoms with van der Waals surface area (Å²) in [5.74, 6) is -4.62. The van der Waals surface area contributed by atoms with Crippen LogP contribution in [0, 0.1) is 18.8 Å². The van der Waals surface area contributed by atoms with Gasteiger partial charge in [-0.15, -0.1) is 0 Å². The Morgan fingerprint density at radius 1 is 1.12 bits per heavy atom. The first-order valence-electron chi connectivity index (χ1n) is 10.7. The summed E-state index contributed by atoms with van der Waals surface area (Å²) in [5.41, 5.74) is 0. The van der Waals surface area contributed by atoms with Crippen LogP contribution in [-0.4, -0.2) is 51.1 Å². The highest BCUT2D eigenvalue weighted by Gasteiger charge is 2.39. The smallest absolute Gasteiger partial charge is 0.481 e. The molecule has 0 fully saturated rings. The van der Waals surface area contributed by atoms with Crippen molar-refractivity contribution in [3.05, 3.63) is 22.1 Å². The molecule has 0 saturated carbocycles. The van der Waals surface area contributed by atoms with E-state index >= 15 is 0 Å². The van der Waals surface area contributed by atoms with Gasteiger partial charge in [-0.1, -0.05) is 19.6 Å². The first kappa shape index (κ1) is 28.3. The molecule has 1 N–H and O–H groups in total. The van der Waals surface area contributed by atoms with Crippen LogP contribution in [0.25, 0.3) is 0 Å². The fourth-order valence-corrected chi connectivity index (χ4v) is 5.83. The maximum atomic E-state index is 13.0. The van der Waals surface area contributed by atoms with Crippen LogP contribution >= 0.6 is 7.60 Å². The maximum absolute atomic E-state index is 13.0. The van der Waals surface area contributed by atoms with Gasteiger partial charge >= 0.3 is 25.4 Å². The molecule has 184 valence electrons. The number of esters is 1. The number of rotatable bonds is 15. The van der Waals surface area contributed by atoms with E-state index in [1.165, 1.54) is 6.92 Å². The number of hydrogen-bond donors (Lipinski definition) is 1. The maximum Gasteiger partial charge on any atom is 0.519 e. The number of ether oxygens (including phenoxy) is 1. The molecule has 0 saturated heterocycles. The van der Waals surface area contributed by atoms with E-state index in [-0.39, 0.29) is 44.2 Å². The third kappa shape index (κ3) is 9.85. The molecule has 0 amide bonds. The summed E-state index contributed by atoms with van der Waals surface area (Å²) >= 11 is 0. The third-order valence-electron chi connectivity index (χ3n) is 4.79. The zero-order valence-electron chi connectivity index (χ0n) is 19.7. The van der Waals surface area contributed by atoms with Crippen molar-refractivity contribution in [2.24, 2.45) is 11.8 Å². The molecule has 1 aromatic heterocycles. The third-order valence-corrected chi connectivity index (χ3v) is 8.63. The molecule has 1 heterocycles. The Kier molecular flexibility index (Phi) is 11.1. The lowest BCUT2D eigenvalue weighted by Crippen LogP contribution is -2.32. The quantitative estimate of drug-likeness (QED) is 0.216. The Balaban J connectivity index is 3.14. The minimum atomic E-state index is -3.72. The molecule has 0 aliphatic heterocycles. The molecule has 32 heavy (non-hydrogen) atoms. The molecule has 10 nitrogen and oxygen atoms in total. The Hall–Kier alpha value is -1.68. The number of hydrogen-bond acceptors (Lipinski definition) is 9. The molecule has 0 bridgehead atoms. The second kappa shape index (κ2) is 12.5. The van der Waals surface area contributed by atoms with Gasteiger partial charge < -0.3 is 27.7 Å². The molecule has 0 radical (unpaired) electrons. The fraction of sp³-hybridized carbons (Fsp3) is 0.750. The Bertz CT molecular complexity index is 843. The van der Waals surface area contributed by atoms with E-state index < -0.39 is 51.4 Å². The van der Waals surface area contributed by atoms with Crippen molar-refractivity contribution < 1.29 is 41.9 Å². The van der Waals surface area contributed by atoms with Crippen LogP contribution < -0.4 is 5.82 Å². The number of carbonyl (C=O) groups excluding carboxylic acids is 1. The molecular formula is C20H35O10PSi. The van der Waals surface area contributed by atoms with Gasteiger partial charge in [0.25, 0.3) is 0 Å². The van der Waals surface area contributed by atoms with E-state index in [2.05, 4.69) is 19.6 Å². The predicted octanol–water partition coefficient (Wildman–Crippen LogP) is 3.94. The largest absolute Gasteiger partial charge is 0.519 e. The van der Waals surface area contributed by atoms with Crippen molar-refractivity contribution in [3.63, 3.8) is 0 Å². The van der Waals surface area contributed by atoms with Crippen LogP contribution in [0.5, 0.6) is 0 Å².